The lowest BCUT2D eigenvalue weighted by Gasteiger charge is -2.40. The third kappa shape index (κ3) is 1.31. The summed E-state index contributed by atoms with van der Waals surface area (Å²) in [5.41, 5.74) is 12.3. The molecule has 0 heterocycles. The molecule has 1 heteroatoms. The van der Waals surface area contributed by atoms with E-state index in [1.54, 1.807) is 11.1 Å². The summed E-state index contributed by atoms with van der Waals surface area (Å²) in [5, 5.41) is 0. The summed E-state index contributed by atoms with van der Waals surface area (Å²) in [5.74, 6) is 0.937. The van der Waals surface area contributed by atoms with E-state index in [0.29, 0.717) is 5.41 Å². The van der Waals surface area contributed by atoms with Crippen molar-refractivity contribution in [3.8, 4) is 0 Å². The summed E-state index contributed by atoms with van der Waals surface area (Å²) in [7, 11) is 0. The van der Waals surface area contributed by atoms with Crippen molar-refractivity contribution in [1.29, 1.82) is 0 Å². The first-order valence-electron chi connectivity index (χ1n) is 6.80. The lowest BCUT2D eigenvalue weighted by molar-refractivity contribution is 0.169. The number of hydrogen-bond acceptors (Lipinski definition) is 1. The van der Waals surface area contributed by atoms with Gasteiger partial charge in [-0.1, -0.05) is 17.7 Å². The van der Waals surface area contributed by atoms with Crippen molar-refractivity contribution in [3.05, 3.63) is 41.0 Å². The van der Waals surface area contributed by atoms with E-state index in [4.69, 9.17) is 5.73 Å². The molecule has 4 rings (SSSR count). The van der Waals surface area contributed by atoms with E-state index in [1.165, 1.54) is 44.1 Å². The molecule has 1 spiro atoms. The van der Waals surface area contributed by atoms with Crippen LogP contribution in [0.3, 0.4) is 0 Å². The predicted molar refractivity (Wildman–Crippen MR) is 70.7 cm³/mol. The Kier molecular flexibility index (Phi) is 1.81. The van der Waals surface area contributed by atoms with Crippen LogP contribution in [0.1, 0.15) is 36.8 Å². The minimum Gasteiger partial charge on any atom is -0.399 e. The van der Waals surface area contributed by atoms with Gasteiger partial charge in [-0.25, -0.2) is 0 Å². The van der Waals surface area contributed by atoms with Gasteiger partial charge in [0, 0.05) is 5.69 Å². The zero-order valence-corrected chi connectivity index (χ0v) is 10.2. The Hall–Kier alpha value is -1.24. The molecular weight excluding hydrogens is 206 g/mol. The second-order valence-corrected chi connectivity index (χ2v) is 6.24. The Bertz CT molecular complexity index is 514. The van der Waals surface area contributed by atoms with Crippen LogP contribution >= 0.6 is 0 Å². The molecule has 1 nitrogen and oxygen atoms in total. The maximum atomic E-state index is 5.93. The molecule has 3 aliphatic rings. The molecule has 3 aliphatic carbocycles. The SMILES string of the molecule is Nc1ccc2c(c1)CC1(CC2)CC2=CCC1C2. The Labute approximate surface area is 103 Å². The third-order valence-electron chi connectivity index (χ3n) is 5.31. The average Bonchev–Trinajstić information content (AvgIpc) is 2.88. The summed E-state index contributed by atoms with van der Waals surface area (Å²) in [6, 6.07) is 6.51. The number of nitrogens with two attached hydrogens (primary N) is 1. The molecule has 2 atom stereocenters. The highest BCUT2D eigenvalue weighted by Gasteiger charge is 2.48. The number of anilines is 1. The Morgan fingerprint density at radius 1 is 1.18 bits per heavy atom. The molecule has 88 valence electrons. The van der Waals surface area contributed by atoms with Crippen LogP contribution in [0.15, 0.2) is 29.8 Å². The van der Waals surface area contributed by atoms with E-state index in [2.05, 4.69) is 24.3 Å². The van der Waals surface area contributed by atoms with Crippen molar-refractivity contribution in [3.63, 3.8) is 0 Å². The van der Waals surface area contributed by atoms with Crippen LogP contribution in [-0.4, -0.2) is 0 Å². The number of hydrogen-bond donors (Lipinski definition) is 1. The minimum absolute atomic E-state index is 0.602. The van der Waals surface area contributed by atoms with E-state index in [0.717, 1.165) is 11.6 Å². The molecule has 0 radical (unpaired) electrons. The van der Waals surface area contributed by atoms with Crippen LogP contribution in [0.25, 0.3) is 0 Å². The highest BCUT2D eigenvalue weighted by molar-refractivity contribution is 5.47. The van der Waals surface area contributed by atoms with Gasteiger partial charge in [-0.3, -0.25) is 0 Å². The van der Waals surface area contributed by atoms with E-state index in [1.807, 2.05) is 0 Å². The summed E-state index contributed by atoms with van der Waals surface area (Å²) < 4.78 is 0. The molecule has 2 N–H and O–H groups in total. The van der Waals surface area contributed by atoms with Crippen LogP contribution < -0.4 is 5.73 Å². The fraction of sp³-hybridized carbons (Fsp3) is 0.500. The van der Waals surface area contributed by atoms with Gasteiger partial charge >= 0.3 is 0 Å². The van der Waals surface area contributed by atoms with Crippen LogP contribution in [-0.2, 0) is 12.8 Å². The molecule has 2 unspecified atom stereocenters. The highest BCUT2D eigenvalue weighted by Crippen LogP contribution is 2.58. The van der Waals surface area contributed by atoms with Crippen molar-refractivity contribution in [2.24, 2.45) is 11.3 Å². The highest BCUT2D eigenvalue weighted by atomic mass is 14.6. The zero-order chi connectivity index (χ0) is 11.5. The van der Waals surface area contributed by atoms with Gasteiger partial charge in [-0.2, -0.15) is 0 Å². The maximum absolute atomic E-state index is 5.93. The summed E-state index contributed by atoms with van der Waals surface area (Å²) in [4.78, 5) is 0. The normalized spacial score (nSPS) is 33.9. The Morgan fingerprint density at radius 3 is 2.88 bits per heavy atom. The maximum Gasteiger partial charge on any atom is 0.0316 e. The number of benzene rings is 1. The quantitative estimate of drug-likeness (QED) is 0.531. The van der Waals surface area contributed by atoms with Crippen LogP contribution in [0.4, 0.5) is 5.69 Å². The molecule has 2 bridgehead atoms. The second-order valence-electron chi connectivity index (χ2n) is 6.24. The van der Waals surface area contributed by atoms with Gasteiger partial charge in [0.05, 0.1) is 0 Å². The Balaban J connectivity index is 1.73. The van der Waals surface area contributed by atoms with Crippen molar-refractivity contribution in [2.75, 3.05) is 5.73 Å². The smallest absolute Gasteiger partial charge is 0.0316 e. The van der Waals surface area contributed by atoms with Crippen LogP contribution in [0.5, 0.6) is 0 Å². The number of nitrogen functional groups attached to an aromatic ring is 1. The first-order chi connectivity index (χ1) is 8.25. The molecule has 0 amide bonds. The van der Waals surface area contributed by atoms with E-state index < -0.39 is 0 Å². The first kappa shape index (κ1) is 9.76. The second kappa shape index (κ2) is 3.16. The van der Waals surface area contributed by atoms with Gasteiger partial charge < -0.3 is 5.73 Å². The fourth-order valence-electron chi connectivity index (χ4n) is 4.40. The summed E-state index contributed by atoms with van der Waals surface area (Å²) >= 11 is 0. The van der Waals surface area contributed by atoms with Crippen molar-refractivity contribution >= 4 is 5.69 Å². The van der Waals surface area contributed by atoms with E-state index in [9.17, 15) is 0 Å². The number of fused-ring (bicyclic) bond motifs is 4. The molecule has 0 aliphatic heterocycles. The lowest BCUT2D eigenvalue weighted by Crippen LogP contribution is -2.33. The van der Waals surface area contributed by atoms with E-state index in [-0.39, 0.29) is 0 Å². The van der Waals surface area contributed by atoms with Gasteiger partial charge in [-0.05, 0) is 73.1 Å². The topological polar surface area (TPSA) is 26.0 Å². The van der Waals surface area contributed by atoms with Gasteiger partial charge in [0.1, 0.15) is 0 Å². The molecule has 0 aromatic heterocycles. The fourth-order valence-corrected chi connectivity index (χ4v) is 4.40. The van der Waals surface area contributed by atoms with Crippen molar-refractivity contribution < 1.29 is 0 Å². The Morgan fingerprint density at radius 2 is 2.12 bits per heavy atom. The summed E-state index contributed by atoms with van der Waals surface area (Å²) in [6.45, 7) is 0. The molecule has 1 fully saturated rings. The predicted octanol–water partition coefficient (Wildman–Crippen LogP) is 3.48. The van der Waals surface area contributed by atoms with Gasteiger partial charge in [0.2, 0.25) is 0 Å². The van der Waals surface area contributed by atoms with Gasteiger partial charge in [0.25, 0.3) is 0 Å². The van der Waals surface area contributed by atoms with E-state index >= 15 is 0 Å². The monoisotopic (exact) mass is 225 g/mol. The number of aryl methyl sites for hydroxylation is 1. The zero-order valence-electron chi connectivity index (χ0n) is 10.2. The minimum atomic E-state index is 0.602. The van der Waals surface area contributed by atoms with Gasteiger partial charge in [-0.15, -0.1) is 0 Å². The lowest BCUT2D eigenvalue weighted by atomic mass is 9.64. The number of allylic oxidation sites excluding steroid dienone is 2. The van der Waals surface area contributed by atoms with Crippen LogP contribution in [0, 0.1) is 11.3 Å². The molecule has 1 saturated carbocycles. The third-order valence-corrected chi connectivity index (χ3v) is 5.31. The molecule has 17 heavy (non-hydrogen) atoms. The van der Waals surface area contributed by atoms with Crippen LogP contribution in [0.2, 0.25) is 0 Å². The molecule has 1 aromatic carbocycles. The first-order valence-corrected chi connectivity index (χ1v) is 6.80. The van der Waals surface area contributed by atoms with Crippen molar-refractivity contribution in [1.82, 2.24) is 0 Å². The number of rotatable bonds is 0. The summed E-state index contributed by atoms with van der Waals surface area (Å²) in [6.07, 6.45) is 10.5. The molecule has 0 saturated heterocycles. The molecular formula is C16H19N. The average molecular weight is 225 g/mol. The molecule has 1 aromatic rings. The van der Waals surface area contributed by atoms with Gasteiger partial charge in [0.15, 0.2) is 0 Å². The van der Waals surface area contributed by atoms with Crippen molar-refractivity contribution in [2.45, 2.75) is 38.5 Å². The standard InChI is InChI=1S/C16H19N/c17-15-4-2-12-5-6-16(10-13(12)8-15)9-11-1-3-14(16)7-11/h1-2,4,8,14H,3,5-7,9-10,17H2. The largest absolute Gasteiger partial charge is 0.399 e.